The summed E-state index contributed by atoms with van der Waals surface area (Å²) >= 11 is 0. The van der Waals surface area contributed by atoms with E-state index in [0.29, 0.717) is 11.8 Å². The second-order valence-electron chi connectivity index (χ2n) is 5.76. The van der Waals surface area contributed by atoms with Gasteiger partial charge in [0.2, 0.25) is 0 Å². The Kier molecular flexibility index (Phi) is 4.96. The second kappa shape index (κ2) is 7.32. The summed E-state index contributed by atoms with van der Waals surface area (Å²) in [6, 6.07) is 18.6. The number of hydrogen-bond donors (Lipinski definition) is 1. The molecule has 3 rings (SSSR count). The first-order chi connectivity index (χ1) is 10.9. The Balaban J connectivity index is 1.64. The van der Waals surface area contributed by atoms with Gasteiger partial charge in [-0.15, -0.1) is 0 Å². The lowest BCUT2D eigenvalue weighted by Gasteiger charge is -2.32. The molecule has 2 aromatic carbocycles. The first-order valence-corrected chi connectivity index (χ1v) is 7.89. The van der Waals surface area contributed by atoms with Crippen LogP contribution in [-0.4, -0.2) is 26.8 Å². The standard InChI is InChI=1S/C19H23NO2/c1-21-17-7-9-18(10-8-17)22-14-16-13-20-12-11-19(16)15-5-3-2-4-6-15/h2-10,16,19-20H,11-14H2,1H3/t16-,19-/m1/s1. The van der Waals surface area contributed by atoms with Crippen molar-refractivity contribution >= 4 is 0 Å². The molecule has 3 heteroatoms. The minimum atomic E-state index is 0.498. The zero-order valence-corrected chi connectivity index (χ0v) is 13.0. The third kappa shape index (κ3) is 3.60. The van der Waals surface area contributed by atoms with Crippen LogP contribution < -0.4 is 14.8 Å². The Labute approximate surface area is 132 Å². The van der Waals surface area contributed by atoms with Crippen molar-refractivity contribution in [2.24, 2.45) is 5.92 Å². The molecule has 1 aliphatic heterocycles. The first-order valence-electron chi connectivity index (χ1n) is 7.89. The third-order valence-corrected chi connectivity index (χ3v) is 4.36. The normalized spacial score (nSPS) is 21.3. The minimum absolute atomic E-state index is 0.498. The van der Waals surface area contributed by atoms with E-state index in [0.717, 1.165) is 31.2 Å². The quantitative estimate of drug-likeness (QED) is 0.916. The molecular weight excluding hydrogens is 274 g/mol. The van der Waals surface area contributed by atoms with Gasteiger partial charge in [0.05, 0.1) is 13.7 Å². The fourth-order valence-corrected chi connectivity index (χ4v) is 3.11. The van der Waals surface area contributed by atoms with Crippen LogP contribution in [0.15, 0.2) is 54.6 Å². The summed E-state index contributed by atoms with van der Waals surface area (Å²) in [4.78, 5) is 0. The van der Waals surface area contributed by atoms with Crippen LogP contribution in [0.3, 0.4) is 0 Å². The van der Waals surface area contributed by atoms with Crippen LogP contribution >= 0.6 is 0 Å². The maximum absolute atomic E-state index is 6.00. The summed E-state index contributed by atoms with van der Waals surface area (Å²) < 4.78 is 11.2. The molecule has 116 valence electrons. The van der Waals surface area contributed by atoms with Crippen molar-refractivity contribution in [3.8, 4) is 11.5 Å². The Morgan fingerprint density at radius 1 is 1.00 bits per heavy atom. The van der Waals surface area contributed by atoms with Crippen LogP contribution in [0.5, 0.6) is 11.5 Å². The molecule has 1 fully saturated rings. The van der Waals surface area contributed by atoms with Crippen molar-refractivity contribution in [2.75, 3.05) is 26.8 Å². The van der Waals surface area contributed by atoms with Crippen LogP contribution in [0.25, 0.3) is 0 Å². The van der Waals surface area contributed by atoms with Crippen LogP contribution in [0.4, 0.5) is 0 Å². The van der Waals surface area contributed by atoms with Gasteiger partial charge in [-0.05, 0) is 48.7 Å². The van der Waals surface area contributed by atoms with Crippen molar-refractivity contribution in [1.29, 1.82) is 0 Å². The van der Waals surface area contributed by atoms with E-state index in [4.69, 9.17) is 9.47 Å². The van der Waals surface area contributed by atoms with Gasteiger partial charge >= 0.3 is 0 Å². The molecule has 3 nitrogen and oxygen atoms in total. The highest BCUT2D eigenvalue weighted by molar-refractivity contribution is 5.31. The zero-order chi connectivity index (χ0) is 15.2. The smallest absolute Gasteiger partial charge is 0.119 e. The van der Waals surface area contributed by atoms with E-state index in [1.165, 1.54) is 12.0 Å². The van der Waals surface area contributed by atoms with Crippen molar-refractivity contribution < 1.29 is 9.47 Å². The van der Waals surface area contributed by atoms with E-state index in [2.05, 4.69) is 35.6 Å². The van der Waals surface area contributed by atoms with Crippen LogP contribution in [0, 0.1) is 5.92 Å². The largest absolute Gasteiger partial charge is 0.497 e. The molecule has 2 atom stereocenters. The highest BCUT2D eigenvalue weighted by Crippen LogP contribution is 2.31. The Morgan fingerprint density at radius 2 is 1.73 bits per heavy atom. The molecule has 0 amide bonds. The minimum Gasteiger partial charge on any atom is -0.497 e. The Morgan fingerprint density at radius 3 is 2.45 bits per heavy atom. The third-order valence-electron chi connectivity index (χ3n) is 4.36. The van der Waals surface area contributed by atoms with Crippen molar-refractivity contribution in [2.45, 2.75) is 12.3 Å². The number of ether oxygens (including phenoxy) is 2. The van der Waals surface area contributed by atoms with Gasteiger partial charge in [0.1, 0.15) is 11.5 Å². The molecular formula is C19H23NO2. The number of methoxy groups -OCH3 is 1. The predicted molar refractivity (Wildman–Crippen MR) is 88.6 cm³/mol. The molecule has 0 aromatic heterocycles. The molecule has 2 aromatic rings. The van der Waals surface area contributed by atoms with Gasteiger partial charge in [-0.25, -0.2) is 0 Å². The molecule has 0 bridgehead atoms. The summed E-state index contributed by atoms with van der Waals surface area (Å²) in [6.07, 6.45) is 1.17. The van der Waals surface area contributed by atoms with Gasteiger partial charge in [0.25, 0.3) is 0 Å². The van der Waals surface area contributed by atoms with Crippen molar-refractivity contribution in [1.82, 2.24) is 5.32 Å². The van der Waals surface area contributed by atoms with Crippen molar-refractivity contribution in [3.05, 3.63) is 60.2 Å². The van der Waals surface area contributed by atoms with Gasteiger partial charge in [-0.3, -0.25) is 0 Å². The van der Waals surface area contributed by atoms with E-state index < -0.39 is 0 Å². The number of piperidine rings is 1. The van der Waals surface area contributed by atoms with Crippen LogP contribution in [0.2, 0.25) is 0 Å². The maximum atomic E-state index is 6.00. The molecule has 22 heavy (non-hydrogen) atoms. The molecule has 0 aliphatic carbocycles. The molecule has 1 heterocycles. The van der Waals surface area contributed by atoms with Gasteiger partial charge in [-0.1, -0.05) is 30.3 Å². The number of rotatable bonds is 5. The monoisotopic (exact) mass is 297 g/mol. The van der Waals surface area contributed by atoms with E-state index in [-0.39, 0.29) is 0 Å². The SMILES string of the molecule is COc1ccc(OC[C@H]2CNCC[C@@H]2c2ccccc2)cc1. The average molecular weight is 297 g/mol. The molecule has 0 spiro atoms. The van der Waals surface area contributed by atoms with Gasteiger partial charge in [0, 0.05) is 12.5 Å². The van der Waals surface area contributed by atoms with E-state index >= 15 is 0 Å². The van der Waals surface area contributed by atoms with Crippen LogP contribution in [0.1, 0.15) is 17.9 Å². The number of hydrogen-bond acceptors (Lipinski definition) is 3. The van der Waals surface area contributed by atoms with E-state index in [1.807, 2.05) is 24.3 Å². The van der Waals surface area contributed by atoms with E-state index in [1.54, 1.807) is 7.11 Å². The first kappa shape index (κ1) is 14.9. The Bertz CT molecular complexity index is 568. The molecule has 0 radical (unpaired) electrons. The lowest BCUT2D eigenvalue weighted by atomic mass is 9.81. The lowest BCUT2D eigenvalue weighted by Crippen LogP contribution is -2.38. The molecule has 1 saturated heterocycles. The molecule has 1 aliphatic rings. The summed E-state index contributed by atoms with van der Waals surface area (Å²) in [5.74, 6) is 2.82. The maximum Gasteiger partial charge on any atom is 0.119 e. The summed E-state index contributed by atoms with van der Waals surface area (Å²) in [5.41, 5.74) is 1.42. The fourth-order valence-electron chi connectivity index (χ4n) is 3.11. The highest BCUT2D eigenvalue weighted by atomic mass is 16.5. The highest BCUT2D eigenvalue weighted by Gasteiger charge is 2.26. The number of benzene rings is 2. The van der Waals surface area contributed by atoms with Gasteiger partial charge in [-0.2, -0.15) is 0 Å². The fraction of sp³-hybridized carbons (Fsp3) is 0.368. The summed E-state index contributed by atoms with van der Waals surface area (Å²) in [7, 11) is 1.67. The van der Waals surface area contributed by atoms with Gasteiger partial charge in [0.15, 0.2) is 0 Å². The molecule has 0 unspecified atom stereocenters. The lowest BCUT2D eigenvalue weighted by molar-refractivity contribution is 0.197. The number of nitrogens with one attached hydrogen (secondary N) is 1. The molecule has 0 saturated carbocycles. The summed E-state index contributed by atoms with van der Waals surface area (Å²) in [5, 5.41) is 3.49. The van der Waals surface area contributed by atoms with Gasteiger partial charge < -0.3 is 14.8 Å². The average Bonchev–Trinajstić information content (AvgIpc) is 2.61. The Hall–Kier alpha value is -2.00. The van der Waals surface area contributed by atoms with Crippen LogP contribution in [-0.2, 0) is 0 Å². The second-order valence-corrected chi connectivity index (χ2v) is 5.76. The van der Waals surface area contributed by atoms with Crippen molar-refractivity contribution in [3.63, 3.8) is 0 Å². The summed E-state index contributed by atoms with van der Waals surface area (Å²) in [6.45, 7) is 2.83. The van der Waals surface area contributed by atoms with E-state index in [9.17, 15) is 0 Å². The molecule has 1 N–H and O–H groups in total. The topological polar surface area (TPSA) is 30.5 Å². The zero-order valence-electron chi connectivity index (χ0n) is 13.0. The predicted octanol–water partition coefficient (Wildman–Crippen LogP) is 3.47.